The Kier molecular flexibility index (Phi) is 6.24. The van der Waals surface area contributed by atoms with Gasteiger partial charge in [-0.05, 0) is 50.4 Å². The number of carbonyl (C=O) groups excluding carboxylic acids is 1. The zero-order valence-electron chi connectivity index (χ0n) is 13.0. The van der Waals surface area contributed by atoms with E-state index in [1.54, 1.807) is 0 Å². The van der Waals surface area contributed by atoms with Gasteiger partial charge in [-0.1, -0.05) is 35.3 Å². The Labute approximate surface area is 136 Å². The maximum Gasteiger partial charge on any atom is 0.225 e. The van der Waals surface area contributed by atoms with Crippen LogP contribution < -0.4 is 5.32 Å². The summed E-state index contributed by atoms with van der Waals surface area (Å²) in [5.74, 6) is 0.103. The van der Waals surface area contributed by atoms with Crippen molar-refractivity contribution >= 4 is 27.5 Å². The van der Waals surface area contributed by atoms with E-state index in [0.717, 1.165) is 23.2 Å². The van der Waals surface area contributed by atoms with Gasteiger partial charge < -0.3 is 5.32 Å². The lowest BCUT2D eigenvalue weighted by molar-refractivity contribution is -0.116. The van der Waals surface area contributed by atoms with Crippen LogP contribution in [-0.2, 0) is 4.79 Å². The molecule has 0 spiro atoms. The Morgan fingerprint density at radius 3 is 2.95 bits per heavy atom. The van der Waals surface area contributed by atoms with Crippen molar-refractivity contribution in [2.45, 2.75) is 52.0 Å². The minimum absolute atomic E-state index is 0.103. The van der Waals surface area contributed by atoms with Crippen LogP contribution >= 0.6 is 15.9 Å². The molecule has 1 aliphatic heterocycles. The number of rotatable bonds is 5. The third kappa shape index (κ3) is 4.82. The highest BCUT2D eigenvalue weighted by Crippen LogP contribution is 2.21. The second-order valence-electron chi connectivity index (χ2n) is 5.86. The number of amides is 1. The molecule has 0 bridgehead atoms. The van der Waals surface area contributed by atoms with Crippen molar-refractivity contribution in [1.29, 1.82) is 0 Å². The van der Waals surface area contributed by atoms with E-state index in [9.17, 15) is 4.79 Å². The summed E-state index contributed by atoms with van der Waals surface area (Å²) in [5, 5.41) is 2.99. The fourth-order valence-electron chi connectivity index (χ4n) is 2.96. The molecule has 1 heterocycles. The predicted molar refractivity (Wildman–Crippen MR) is 91.6 cm³/mol. The molecule has 1 amide bonds. The quantitative estimate of drug-likeness (QED) is 0.854. The third-order valence-electron chi connectivity index (χ3n) is 4.30. The fraction of sp³-hybridized carbons (Fsp3) is 0.588. The molecule has 116 valence electrons. The van der Waals surface area contributed by atoms with Gasteiger partial charge in [0, 0.05) is 29.2 Å². The summed E-state index contributed by atoms with van der Waals surface area (Å²) in [6.07, 6.45) is 5.64. The first-order valence-electron chi connectivity index (χ1n) is 7.90. The summed E-state index contributed by atoms with van der Waals surface area (Å²) >= 11 is 3.50. The van der Waals surface area contributed by atoms with E-state index in [-0.39, 0.29) is 5.91 Å². The van der Waals surface area contributed by atoms with Crippen LogP contribution in [0.15, 0.2) is 22.7 Å². The van der Waals surface area contributed by atoms with E-state index in [1.165, 1.54) is 31.2 Å². The van der Waals surface area contributed by atoms with Gasteiger partial charge in [0.05, 0.1) is 0 Å². The second kappa shape index (κ2) is 7.95. The van der Waals surface area contributed by atoms with E-state index >= 15 is 0 Å². The van der Waals surface area contributed by atoms with Crippen LogP contribution in [0.5, 0.6) is 0 Å². The normalized spacial score (nSPS) is 19.5. The van der Waals surface area contributed by atoms with Gasteiger partial charge in [0.2, 0.25) is 5.91 Å². The summed E-state index contributed by atoms with van der Waals surface area (Å²) < 4.78 is 1.03. The lowest BCUT2D eigenvalue weighted by Crippen LogP contribution is -2.40. The van der Waals surface area contributed by atoms with Crippen LogP contribution in [0.4, 0.5) is 5.69 Å². The van der Waals surface area contributed by atoms with Crippen LogP contribution in [0.1, 0.15) is 44.6 Å². The van der Waals surface area contributed by atoms with Crippen LogP contribution in [-0.4, -0.2) is 29.9 Å². The van der Waals surface area contributed by atoms with E-state index in [4.69, 9.17) is 0 Å². The van der Waals surface area contributed by atoms with Gasteiger partial charge in [0.15, 0.2) is 0 Å². The van der Waals surface area contributed by atoms with Crippen LogP contribution in [0.2, 0.25) is 0 Å². The average Bonchev–Trinajstić information content (AvgIpc) is 2.49. The Hall–Kier alpha value is -0.870. The summed E-state index contributed by atoms with van der Waals surface area (Å²) in [6, 6.07) is 6.59. The molecule has 1 unspecified atom stereocenters. The molecule has 1 aromatic carbocycles. The molecule has 1 atom stereocenters. The van der Waals surface area contributed by atoms with E-state index in [0.29, 0.717) is 12.5 Å². The molecule has 4 heteroatoms. The number of nitrogens with one attached hydrogen (secondary N) is 1. The molecule has 0 aromatic heterocycles. The number of carbonyl (C=O) groups is 1. The van der Waals surface area contributed by atoms with Crippen molar-refractivity contribution < 1.29 is 4.79 Å². The van der Waals surface area contributed by atoms with Gasteiger partial charge in [-0.3, -0.25) is 9.69 Å². The zero-order chi connectivity index (χ0) is 15.2. The summed E-state index contributed by atoms with van der Waals surface area (Å²) in [5.41, 5.74) is 2.04. The third-order valence-corrected chi connectivity index (χ3v) is 5.16. The first-order chi connectivity index (χ1) is 10.1. The topological polar surface area (TPSA) is 32.3 Å². The molecule has 1 saturated heterocycles. The van der Waals surface area contributed by atoms with Crippen molar-refractivity contribution in [3.05, 3.63) is 28.2 Å². The van der Waals surface area contributed by atoms with Gasteiger partial charge >= 0.3 is 0 Å². The number of benzene rings is 1. The van der Waals surface area contributed by atoms with Crippen molar-refractivity contribution in [2.75, 3.05) is 18.4 Å². The Balaban J connectivity index is 1.82. The van der Waals surface area contributed by atoms with Crippen molar-refractivity contribution in [3.8, 4) is 0 Å². The summed E-state index contributed by atoms with van der Waals surface area (Å²) in [4.78, 5) is 14.6. The van der Waals surface area contributed by atoms with Crippen LogP contribution in [0.3, 0.4) is 0 Å². The number of hydrogen-bond donors (Lipinski definition) is 1. The molecule has 2 rings (SSSR count). The molecule has 0 aliphatic carbocycles. The first-order valence-corrected chi connectivity index (χ1v) is 8.69. The van der Waals surface area contributed by atoms with Gasteiger partial charge in [-0.15, -0.1) is 0 Å². The fourth-order valence-corrected chi connectivity index (χ4v) is 3.33. The SMILES string of the molecule is CCC1CCCCN1CCC(=O)Nc1ccc(C)c(Br)c1. The van der Waals surface area contributed by atoms with Crippen LogP contribution in [0.25, 0.3) is 0 Å². The van der Waals surface area contributed by atoms with Crippen molar-refractivity contribution in [3.63, 3.8) is 0 Å². The average molecular weight is 353 g/mol. The number of halogens is 1. The van der Waals surface area contributed by atoms with E-state index < -0.39 is 0 Å². The number of likely N-dealkylation sites (tertiary alicyclic amines) is 1. The highest BCUT2D eigenvalue weighted by molar-refractivity contribution is 9.10. The Morgan fingerprint density at radius 1 is 1.43 bits per heavy atom. The summed E-state index contributed by atoms with van der Waals surface area (Å²) in [7, 11) is 0. The minimum atomic E-state index is 0.103. The molecule has 0 radical (unpaired) electrons. The van der Waals surface area contributed by atoms with Crippen LogP contribution in [0, 0.1) is 6.92 Å². The minimum Gasteiger partial charge on any atom is -0.326 e. The molecular formula is C17H25BrN2O. The van der Waals surface area contributed by atoms with Gasteiger partial charge in [-0.2, -0.15) is 0 Å². The van der Waals surface area contributed by atoms with Gasteiger partial charge in [-0.25, -0.2) is 0 Å². The number of hydrogen-bond acceptors (Lipinski definition) is 2. The lowest BCUT2D eigenvalue weighted by Gasteiger charge is -2.35. The molecule has 21 heavy (non-hydrogen) atoms. The predicted octanol–water partition coefficient (Wildman–Crippen LogP) is 4.35. The largest absolute Gasteiger partial charge is 0.326 e. The molecule has 1 N–H and O–H groups in total. The lowest BCUT2D eigenvalue weighted by atomic mass is 10.00. The summed E-state index contributed by atoms with van der Waals surface area (Å²) in [6.45, 7) is 6.29. The van der Waals surface area contributed by atoms with E-state index in [1.807, 2.05) is 25.1 Å². The van der Waals surface area contributed by atoms with Gasteiger partial charge in [0.1, 0.15) is 0 Å². The monoisotopic (exact) mass is 352 g/mol. The number of nitrogens with zero attached hydrogens (tertiary/aromatic N) is 1. The molecule has 3 nitrogen and oxygen atoms in total. The van der Waals surface area contributed by atoms with E-state index in [2.05, 4.69) is 33.1 Å². The molecule has 1 aromatic rings. The number of anilines is 1. The highest BCUT2D eigenvalue weighted by atomic mass is 79.9. The standard InChI is InChI=1S/C17H25BrN2O/c1-3-15-6-4-5-10-20(15)11-9-17(21)19-14-8-7-13(2)16(18)12-14/h7-8,12,15H,3-6,9-11H2,1-2H3,(H,19,21). The second-order valence-corrected chi connectivity index (χ2v) is 6.71. The van der Waals surface area contributed by atoms with Crippen molar-refractivity contribution in [2.24, 2.45) is 0 Å². The Morgan fingerprint density at radius 2 is 2.24 bits per heavy atom. The molecular weight excluding hydrogens is 328 g/mol. The number of piperidine rings is 1. The maximum absolute atomic E-state index is 12.1. The molecule has 1 aliphatic rings. The Bertz CT molecular complexity index is 490. The zero-order valence-corrected chi connectivity index (χ0v) is 14.6. The number of aryl methyl sites for hydroxylation is 1. The smallest absolute Gasteiger partial charge is 0.225 e. The maximum atomic E-state index is 12.1. The molecule has 1 fully saturated rings. The highest BCUT2D eigenvalue weighted by Gasteiger charge is 2.20. The molecule has 0 saturated carbocycles. The first kappa shape index (κ1) is 16.5. The van der Waals surface area contributed by atoms with Gasteiger partial charge in [0.25, 0.3) is 0 Å². The van der Waals surface area contributed by atoms with Crippen molar-refractivity contribution in [1.82, 2.24) is 4.90 Å².